The number of benzene rings is 2. The van der Waals surface area contributed by atoms with Gasteiger partial charge in [0, 0.05) is 38.5 Å². The molecule has 4 rings (SSSR count). The largest absolute Gasteiger partial charge is 0.396 e. The van der Waals surface area contributed by atoms with E-state index in [0.29, 0.717) is 0 Å². The van der Waals surface area contributed by atoms with Gasteiger partial charge in [-0.1, -0.05) is 99.5 Å². The SMILES string of the molecule is CCC.CCN1CCN(c2ccc(/C(C3=CCC=C(C)C=C3)=C(/CCCO)c3ccccc3)cc2)CC1. The van der Waals surface area contributed by atoms with Crippen LogP contribution in [0.5, 0.6) is 0 Å². The molecule has 0 bridgehead atoms. The molecule has 2 aromatic carbocycles. The van der Waals surface area contributed by atoms with E-state index < -0.39 is 0 Å². The van der Waals surface area contributed by atoms with E-state index in [9.17, 15) is 5.11 Å². The Hall–Kier alpha value is -2.88. The average Bonchev–Trinajstić information content (AvgIpc) is 3.16. The molecule has 1 N–H and O–H groups in total. The van der Waals surface area contributed by atoms with Crippen molar-refractivity contribution in [3.8, 4) is 0 Å². The van der Waals surface area contributed by atoms with Gasteiger partial charge >= 0.3 is 0 Å². The van der Waals surface area contributed by atoms with E-state index in [1.54, 1.807) is 0 Å². The van der Waals surface area contributed by atoms with Crippen molar-refractivity contribution >= 4 is 16.8 Å². The van der Waals surface area contributed by atoms with E-state index in [1.165, 1.54) is 45.5 Å². The highest BCUT2D eigenvalue weighted by Gasteiger charge is 2.18. The highest BCUT2D eigenvalue weighted by Crippen LogP contribution is 2.37. The summed E-state index contributed by atoms with van der Waals surface area (Å²) in [6, 6.07) is 19.8. The van der Waals surface area contributed by atoms with Gasteiger partial charge in [-0.3, -0.25) is 0 Å². The molecule has 0 amide bonds. The highest BCUT2D eigenvalue weighted by atomic mass is 16.2. The lowest BCUT2D eigenvalue weighted by Gasteiger charge is -2.35. The first-order valence-electron chi connectivity index (χ1n) is 14.1. The van der Waals surface area contributed by atoms with Crippen LogP contribution in [-0.2, 0) is 0 Å². The number of allylic oxidation sites excluding steroid dienone is 8. The van der Waals surface area contributed by atoms with E-state index in [4.69, 9.17) is 0 Å². The first kappa shape index (κ1) is 28.7. The zero-order chi connectivity index (χ0) is 26.5. The predicted molar refractivity (Wildman–Crippen MR) is 162 cm³/mol. The van der Waals surface area contributed by atoms with Crippen LogP contribution in [0.1, 0.15) is 64.5 Å². The summed E-state index contributed by atoms with van der Waals surface area (Å²) in [6.45, 7) is 14.4. The third-order valence-electron chi connectivity index (χ3n) is 6.94. The Kier molecular flexibility index (Phi) is 11.9. The number of piperazine rings is 1. The molecule has 198 valence electrons. The number of hydrogen-bond acceptors (Lipinski definition) is 3. The molecule has 1 aliphatic carbocycles. The molecule has 0 saturated carbocycles. The number of aliphatic hydroxyl groups is 1. The summed E-state index contributed by atoms with van der Waals surface area (Å²) in [4.78, 5) is 5.02. The lowest BCUT2D eigenvalue weighted by atomic mass is 9.86. The van der Waals surface area contributed by atoms with Crippen LogP contribution in [0.2, 0.25) is 0 Å². The minimum absolute atomic E-state index is 0.196. The van der Waals surface area contributed by atoms with Crippen molar-refractivity contribution in [1.82, 2.24) is 4.90 Å². The fourth-order valence-electron chi connectivity index (χ4n) is 4.90. The van der Waals surface area contributed by atoms with Crippen molar-refractivity contribution in [3.63, 3.8) is 0 Å². The molecule has 3 heteroatoms. The molecular formula is C34H46N2O. The first-order chi connectivity index (χ1) is 18.1. The standard InChI is InChI=1S/C31H38N2O.C3H8/c1-3-32-20-22-33(23-21-32)29-18-16-28(17-19-29)31(27-12-7-9-25(2)14-15-27)30(13-8-24-34)26-10-5-4-6-11-26;1-3-2/h4-6,9-12,14-19,34H,3,7-8,13,20-24H2,1-2H3;3H2,1-2H3/b31-30-;. The quantitative estimate of drug-likeness (QED) is 0.377. The molecule has 1 fully saturated rings. The van der Waals surface area contributed by atoms with Crippen LogP contribution in [-0.4, -0.2) is 49.3 Å². The molecule has 1 heterocycles. The Labute approximate surface area is 225 Å². The van der Waals surface area contributed by atoms with Crippen molar-refractivity contribution in [3.05, 3.63) is 101 Å². The molecule has 0 spiro atoms. The zero-order valence-electron chi connectivity index (χ0n) is 23.4. The zero-order valence-corrected chi connectivity index (χ0v) is 23.4. The van der Waals surface area contributed by atoms with Gasteiger partial charge in [-0.25, -0.2) is 0 Å². The summed E-state index contributed by atoms with van der Waals surface area (Å²) in [5, 5.41) is 9.65. The van der Waals surface area contributed by atoms with Gasteiger partial charge in [0.25, 0.3) is 0 Å². The maximum absolute atomic E-state index is 9.65. The van der Waals surface area contributed by atoms with Crippen molar-refractivity contribution in [2.45, 2.75) is 53.4 Å². The predicted octanol–water partition coefficient (Wildman–Crippen LogP) is 7.76. The minimum Gasteiger partial charge on any atom is -0.396 e. The van der Waals surface area contributed by atoms with Gasteiger partial charge in [0.05, 0.1) is 0 Å². The summed E-state index contributed by atoms with van der Waals surface area (Å²) >= 11 is 0. The Morgan fingerprint density at radius 2 is 1.49 bits per heavy atom. The number of nitrogens with zero attached hydrogens (tertiary/aromatic N) is 2. The fourth-order valence-corrected chi connectivity index (χ4v) is 4.90. The van der Waals surface area contributed by atoms with Crippen LogP contribution < -0.4 is 4.90 Å². The summed E-state index contributed by atoms with van der Waals surface area (Å²) in [7, 11) is 0. The smallest absolute Gasteiger partial charge is 0.0434 e. The summed E-state index contributed by atoms with van der Waals surface area (Å²) < 4.78 is 0. The second kappa shape index (κ2) is 15.4. The molecule has 0 atom stereocenters. The van der Waals surface area contributed by atoms with E-state index in [0.717, 1.165) is 52.0 Å². The summed E-state index contributed by atoms with van der Waals surface area (Å²) in [5.41, 5.74) is 8.91. The van der Waals surface area contributed by atoms with Crippen LogP contribution in [0, 0.1) is 0 Å². The monoisotopic (exact) mass is 498 g/mol. The van der Waals surface area contributed by atoms with Gasteiger partial charge in [-0.05, 0) is 72.7 Å². The molecule has 0 radical (unpaired) electrons. The van der Waals surface area contributed by atoms with Gasteiger partial charge in [0.15, 0.2) is 0 Å². The lowest BCUT2D eigenvalue weighted by molar-refractivity contribution is 0.271. The Bertz CT molecular complexity index is 1070. The number of aliphatic hydroxyl groups excluding tert-OH is 1. The molecule has 2 aliphatic rings. The fraction of sp³-hybridized carbons (Fsp3) is 0.412. The Morgan fingerprint density at radius 3 is 2.11 bits per heavy atom. The van der Waals surface area contributed by atoms with Gasteiger partial charge in [-0.15, -0.1) is 0 Å². The second-order valence-corrected chi connectivity index (χ2v) is 9.90. The lowest BCUT2D eigenvalue weighted by Crippen LogP contribution is -2.46. The number of likely N-dealkylation sites (N-methyl/N-ethyl adjacent to an activating group) is 1. The number of hydrogen-bond donors (Lipinski definition) is 1. The third kappa shape index (κ3) is 8.31. The van der Waals surface area contributed by atoms with Gasteiger partial charge in [0.2, 0.25) is 0 Å². The normalized spacial score (nSPS) is 16.7. The number of rotatable bonds is 8. The minimum atomic E-state index is 0.196. The van der Waals surface area contributed by atoms with Crippen molar-refractivity contribution in [2.24, 2.45) is 0 Å². The molecule has 0 unspecified atom stereocenters. The van der Waals surface area contributed by atoms with Crippen molar-refractivity contribution in [2.75, 3.05) is 44.2 Å². The first-order valence-corrected chi connectivity index (χ1v) is 14.1. The van der Waals surface area contributed by atoms with Crippen molar-refractivity contribution in [1.29, 1.82) is 0 Å². The topological polar surface area (TPSA) is 26.7 Å². The van der Waals surface area contributed by atoms with Gasteiger partial charge in [-0.2, -0.15) is 0 Å². The van der Waals surface area contributed by atoms with Crippen molar-refractivity contribution < 1.29 is 5.11 Å². The third-order valence-corrected chi connectivity index (χ3v) is 6.94. The highest BCUT2D eigenvalue weighted by molar-refractivity contribution is 6.00. The maximum Gasteiger partial charge on any atom is 0.0434 e. The van der Waals surface area contributed by atoms with E-state index in [2.05, 4.69) is 116 Å². The van der Waals surface area contributed by atoms with Crippen LogP contribution in [0.3, 0.4) is 0 Å². The molecule has 3 nitrogen and oxygen atoms in total. The molecular weight excluding hydrogens is 452 g/mol. The summed E-state index contributed by atoms with van der Waals surface area (Å²) in [5.74, 6) is 0. The molecule has 1 aliphatic heterocycles. The maximum atomic E-state index is 9.65. The number of anilines is 1. The van der Waals surface area contributed by atoms with Crippen LogP contribution in [0.25, 0.3) is 11.1 Å². The Morgan fingerprint density at radius 1 is 0.811 bits per heavy atom. The molecule has 0 aromatic heterocycles. The second-order valence-electron chi connectivity index (χ2n) is 9.90. The van der Waals surface area contributed by atoms with E-state index >= 15 is 0 Å². The van der Waals surface area contributed by atoms with E-state index in [1.807, 2.05) is 0 Å². The van der Waals surface area contributed by atoms with Crippen LogP contribution >= 0.6 is 0 Å². The molecule has 1 saturated heterocycles. The van der Waals surface area contributed by atoms with E-state index in [-0.39, 0.29) is 6.61 Å². The van der Waals surface area contributed by atoms with Gasteiger partial charge in [0.1, 0.15) is 0 Å². The van der Waals surface area contributed by atoms with Crippen LogP contribution in [0.4, 0.5) is 5.69 Å². The Balaban J connectivity index is 0.00000121. The van der Waals surface area contributed by atoms with Gasteiger partial charge < -0.3 is 14.9 Å². The average molecular weight is 499 g/mol. The molecule has 37 heavy (non-hydrogen) atoms. The van der Waals surface area contributed by atoms with Crippen LogP contribution in [0.15, 0.2) is 90.0 Å². The summed E-state index contributed by atoms with van der Waals surface area (Å²) in [6.07, 6.45) is 12.9. The molecule has 2 aromatic rings.